The first-order valence-electron chi connectivity index (χ1n) is 4.48. The van der Waals surface area contributed by atoms with Crippen LogP contribution >= 0.6 is 0 Å². The van der Waals surface area contributed by atoms with Crippen molar-refractivity contribution >= 4 is 5.78 Å². The summed E-state index contributed by atoms with van der Waals surface area (Å²) in [5.74, 6) is 0.695. The van der Waals surface area contributed by atoms with Gasteiger partial charge in [-0.3, -0.25) is 4.79 Å². The second-order valence-corrected chi connectivity index (χ2v) is 3.27. The molecule has 0 aliphatic heterocycles. The average Bonchev–Trinajstić information content (AvgIpc) is 2.03. The standard InChI is InChI=1S/C9H16O2/c10-7-3-5-8-4-1-2-6-9(8)11/h8,10H,1-7H2/t8-/m1/s1. The van der Waals surface area contributed by atoms with Gasteiger partial charge in [0.25, 0.3) is 0 Å². The van der Waals surface area contributed by atoms with Crippen LogP contribution in [0.25, 0.3) is 0 Å². The minimum absolute atomic E-state index is 0.226. The zero-order valence-corrected chi connectivity index (χ0v) is 6.88. The summed E-state index contributed by atoms with van der Waals surface area (Å²) in [5.41, 5.74) is 0. The first-order valence-corrected chi connectivity index (χ1v) is 4.48. The van der Waals surface area contributed by atoms with Gasteiger partial charge in [0.15, 0.2) is 0 Å². The molecule has 0 unspecified atom stereocenters. The molecule has 1 atom stereocenters. The normalized spacial score (nSPS) is 25.5. The largest absolute Gasteiger partial charge is 0.396 e. The van der Waals surface area contributed by atoms with Crippen LogP contribution in [0.4, 0.5) is 0 Å². The van der Waals surface area contributed by atoms with Crippen molar-refractivity contribution in [2.75, 3.05) is 6.61 Å². The van der Waals surface area contributed by atoms with Gasteiger partial charge >= 0.3 is 0 Å². The lowest BCUT2D eigenvalue weighted by molar-refractivity contribution is -0.124. The highest BCUT2D eigenvalue weighted by Gasteiger charge is 2.20. The molecule has 0 bridgehead atoms. The molecule has 2 nitrogen and oxygen atoms in total. The molecule has 1 N–H and O–H groups in total. The minimum atomic E-state index is 0.226. The van der Waals surface area contributed by atoms with Crippen molar-refractivity contribution in [1.82, 2.24) is 0 Å². The molecule has 0 radical (unpaired) electrons. The van der Waals surface area contributed by atoms with Crippen molar-refractivity contribution in [3.05, 3.63) is 0 Å². The SMILES string of the molecule is O=C1CCCC[C@@H]1CCCO. The van der Waals surface area contributed by atoms with Crippen molar-refractivity contribution in [3.63, 3.8) is 0 Å². The van der Waals surface area contributed by atoms with E-state index in [1.807, 2.05) is 0 Å². The number of hydrogen-bond donors (Lipinski definition) is 1. The van der Waals surface area contributed by atoms with Gasteiger partial charge in [0.1, 0.15) is 5.78 Å². The first-order chi connectivity index (χ1) is 5.34. The quantitative estimate of drug-likeness (QED) is 0.672. The highest BCUT2D eigenvalue weighted by molar-refractivity contribution is 5.81. The van der Waals surface area contributed by atoms with Crippen LogP contribution in [0.2, 0.25) is 0 Å². The molecule has 0 saturated heterocycles. The van der Waals surface area contributed by atoms with E-state index in [0.29, 0.717) is 5.78 Å². The van der Waals surface area contributed by atoms with Crippen LogP contribution in [0.3, 0.4) is 0 Å². The second kappa shape index (κ2) is 4.50. The molecule has 1 rings (SSSR count). The number of Topliss-reactive ketones (excluding diaryl/α,β-unsaturated/α-hetero) is 1. The average molecular weight is 156 g/mol. The summed E-state index contributed by atoms with van der Waals surface area (Å²) in [6, 6.07) is 0. The molecule has 0 aromatic heterocycles. The molecular weight excluding hydrogens is 140 g/mol. The lowest BCUT2D eigenvalue weighted by Gasteiger charge is -2.19. The van der Waals surface area contributed by atoms with E-state index in [9.17, 15) is 4.79 Å². The Morgan fingerprint density at radius 2 is 2.27 bits per heavy atom. The van der Waals surface area contributed by atoms with E-state index in [4.69, 9.17) is 5.11 Å². The van der Waals surface area contributed by atoms with Gasteiger partial charge in [-0.2, -0.15) is 0 Å². The van der Waals surface area contributed by atoms with Crippen molar-refractivity contribution in [1.29, 1.82) is 0 Å². The predicted octanol–water partition coefficient (Wildman–Crippen LogP) is 1.52. The number of carbonyl (C=O) groups is 1. The summed E-state index contributed by atoms with van der Waals surface area (Å²) < 4.78 is 0. The summed E-state index contributed by atoms with van der Waals surface area (Å²) in [4.78, 5) is 11.2. The number of aliphatic hydroxyl groups excluding tert-OH is 1. The molecule has 0 aromatic rings. The molecule has 0 spiro atoms. The lowest BCUT2D eigenvalue weighted by Crippen LogP contribution is -2.19. The van der Waals surface area contributed by atoms with Gasteiger partial charge in [-0.1, -0.05) is 6.42 Å². The molecule has 0 heterocycles. The molecule has 1 fully saturated rings. The summed E-state index contributed by atoms with van der Waals surface area (Å²) in [7, 11) is 0. The van der Waals surface area contributed by atoms with E-state index in [1.54, 1.807) is 0 Å². The minimum Gasteiger partial charge on any atom is -0.396 e. The number of rotatable bonds is 3. The molecule has 2 heteroatoms. The van der Waals surface area contributed by atoms with Gasteiger partial charge in [-0.05, 0) is 25.7 Å². The zero-order valence-electron chi connectivity index (χ0n) is 6.88. The third-order valence-corrected chi connectivity index (χ3v) is 2.39. The Balaban J connectivity index is 2.24. The van der Waals surface area contributed by atoms with Gasteiger partial charge in [-0.25, -0.2) is 0 Å². The Labute approximate surface area is 67.6 Å². The van der Waals surface area contributed by atoms with Crippen molar-refractivity contribution < 1.29 is 9.90 Å². The van der Waals surface area contributed by atoms with Gasteiger partial charge in [-0.15, -0.1) is 0 Å². The van der Waals surface area contributed by atoms with Gasteiger partial charge < -0.3 is 5.11 Å². The van der Waals surface area contributed by atoms with E-state index < -0.39 is 0 Å². The van der Waals surface area contributed by atoms with Crippen molar-refractivity contribution in [2.45, 2.75) is 38.5 Å². The number of carbonyl (C=O) groups excluding carboxylic acids is 1. The van der Waals surface area contributed by atoms with Crippen LogP contribution in [-0.4, -0.2) is 17.5 Å². The lowest BCUT2D eigenvalue weighted by atomic mass is 9.85. The maximum absolute atomic E-state index is 11.2. The third kappa shape index (κ3) is 2.62. The Hall–Kier alpha value is -0.370. The summed E-state index contributed by atoms with van der Waals surface area (Å²) in [6.45, 7) is 0.226. The summed E-state index contributed by atoms with van der Waals surface area (Å²) in [5, 5.41) is 8.57. The van der Waals surface area contributed by atoms with Crippen LogP contribution in [0, 0.1) is 5.92 Å². The van der Waals surface area contributed by atoms with Crippen LogP contribution in [0.1, 0.15) is 38.5 Å². The fourth-order valence-corrected chi connectivity index (χ4v) is 1.70. The van der Waals surface area contributed by atoms with E-state index in [1.165, 1.54) is 6.42 Å². The maximum atomic E-state index is 11.2. The Bertz CT molecular complexity index is 132. The molecule has 11 heavy (non-hydrogen) atoms. The van der Waals surface area contributed by atoms with Gasteiger partial charge in [0.05, 0.1) is 0 Å². The smallest absolute Gasteiger partial charge is 0.135 e. The molecule has 1 aliphatic rings. The van der Waals surface area contributed by atoms with Gasteiger partial charge in [0.2, 0.25) is 0 Å². The fraction of sp³-hybridized carbons (Fsp3) is 0.889. The van der Waals surface area contributed by atoms with Crippen LogP contribution < -0.4 is 0 Å². The van der Waals surface area contributed by atoms with Crippen molar-refractivity contribution in [2.24, 2.45) is 5.92 Å². The van der Waals surface area contributed by atoms with E-state index in [-0.39, 0.29) is 12.5 Å². The zero-order chi connectivity index (χ0) is 8.10. The molecule has 0 amide bonds. The highest BCUT2D eigenvalue weighted by atomic mass is 16.2. The number of hydrogen-bond acceptors (Lipinski definition) is 2. The van der Waals surface area contributed by atoms with Gasteiger partial charge in [0, 0.05) is 18.9 Å². The molecule has 0 aromatic carbocycles. The van der Waals surface area contributed by atoms with E-state index in [2.05, 4.69) is 0 Å². The van der Waals surface area contributed by atoms with E-state index >= 15 is 0 Å². The summed E-state index contributed by atoms with van der Waals surface area (Å²) >= 11 is 0. The highest BCUT2D eigenvalue weighted by Crippen LogP contribution is 2.23. The summed E-state index contributed by atoms with van der Waals surface area (Å²) in [6.07, 6.45) is 5.79. The van der Waals surface area contributed by atoms with Crippen LogP contribution in [0.5, 0.6) is 0 Å². The van der Waals surface area contributed by atoms with Crippen molar-refractivity contribution in [3.8, 4) is 0 Å². The van der Waals surface area contributed by atoms with E-state index in [0.717, 1.165) is 32.1 Å². The van der Waals surface area contributed by atoms with Crippen LogP contribution in [0.15, 0.2) is 0 Å². The second-order valence-electron chi connectivity index (χ2n) is 3.27. The molecular formula is C9H16O2. The topological polar surface area (TPSA) is 37.3 Å². The predicted molar refractivity (Wildman–Crippen MR) is 43.3 cm³/mol. The van der Waals surface area contributed by atoms with Crippen LogP contribution in [-0.2, 0) is 4.79 Å². The number of aliphatic hydroxyl groups is 1. The monoisotopic (exact) mass is 156 g/mol. The third-order valence-electron chi connectivity index (χ3n) is 2.39. The fourth-order valence-electron chi connectivity index (χ4n) is 1.70. The Kier molecular flexibility index (Phi) is 3.57. The Morgan fingerprint density at radius 1 is 1.45 bits per heavy atom. The number of ketones is 1. The molecule has 64 valence electrons. The first kappa shape index (κ1) is 8.72. The molecule has 1 saturated carbocycles. The Morgan fingerprint density at radius 3 is 2.91 bits per heavy atom. The molecule has 1 aliphatic carbocycles. The maximum Gasteiger partial charge on any atom is 0.135 e.